The molecular weight excluding hydrogens is 246 g/mol. The summed E-state index contributed by atoms with van der Waals surface area (Å²) in [6.45, 7) is 7.78. The summed E-state index contributed by atoms with van der Waals surface area (Å²) in [4.78, 5) is 4.07. The molecule has 0 spiro atoms. The quantitative estimate of drug-likeness (QED) is 0.830. The van der Waals surface area contributed by atoms with Crippen molar-refractivity contribution in [1.29, 1.82) is 0 Å². The van der Waals surface area contributed by atoms with Crippen molar-refractivity contribution < 1.29 is 0 Å². The van der Waals surface area contributed by atoms with Crippen molar-refractivity contribution in [1.82, 2.24) is 14.9 Å². The van der Waals surface area contributed by atoms with Gasteiger partial charge in [0.05, 0.1) is 6.33 Å². The van der Waals surface area contributed by atoms with Crippen molar-refractivity contribution >= 4 is 0 Å². The van der Waals surface area contributed by atoms with E-state index in [0.29, 0.717) is 6.04 Å². The first-order valence-corrected chi connectivity index (χ1v) is 7.49. The van der Waals surface area contributed by atoms with E-state index in [9.17, 15) is 0 Å². The molecule has 0 aliphatic carbocycles. The number of hydrogen-bond acceptors (Lipinski definition) is 2. The molecule has 3 nitrogen and oxygen atoms in total. The van der Waals surface area contributed by atoms with Crippen molar-refractivity contribution in [3.63, 3.8) is 0 Å². The monoisotopic (exact) mass is 271 g/mol. The predicted octanol–water partition coefficient (Wildman–Crippen LogP) is 3.79. The molecule has 1 heterocycles. The van der Waals surface area contributed by atoms with Crippen LogP contribution < -0.4 is 5.32 Å². The van der Waals surface area contributed by atoms with Crippen LogP contribution in [0.25, 0.3) is 5.69 Å². The summed E-state index contributed by atoms with van der Waals surface area (Å²) >= 11 is 0. The van der Waals surface area contributed by atoms with Crippen molar-refractivity contribution in [2.75, 3.05) is 0 Å². The van der Waals surface area contributed by atoms with E-state index >= 15 is 0 Å². The lowest BCUT2D eigenvalue weighted by molar-refractivity contribution is 0.412. The summed E-state index contributed by atoms with van der Waals surface area (Å²) in [7, 11) is 0. The van der Waals surface area contributed by atoms with Crippen LogP contribution in [-0.2, 0) is 6.54 Å². The van der Waals surface area contributed by atoms with E-state index in [1.165, 1.54) is 18.4 Å². The van der Waals surface area contributed by atoms with E-state index in [1.54, 1.807) is 6.20 Å². The highest BCUT2D eigenvalue weighted by Crippen LogP contribution is 2.12. The van der Waals surface area contributed by atoms with Crippen molar-refractivity contribution in [2.24, 2.45) is 5.92 Å². The van der Waals surface area contributed by atoms with Gasteiger partial charge in [-0.3, -0.25) is 0 Å². The molecule has 0 saturated carbocycles. The van der Waals surface area contributed by atoms with Gasteiger partial charge >= 0.3 is 0 Å². The van der Waals surface area contributed by atoms with Crippen LogP contribution in [0.1, 0.15) is 39.2 Å². The van der Waals surface area contributed by atoms with E-state index in [-0.39, 0.29) is 0 Å². The first-order chi connectivity index (χ1) is 9.69. The summed E-state index contributed by atoms with van der Waals surface area (Å²) in [6.07, 6.45) is 8.07. The van der Waals surface area contributed by atoms with Crippen LogP contribution in [0, 0.1) is 5.92 Å². The lowest BCUT2D eigenvalue weighted by atomic mass is 10.0. The molecule has 1 aromatic carbocycles. The first kappa shape index (κ1) is 14.8. The number of aromatic nitrogens is 2. The third kappa shape index (κ3) is 4.20. The van der Waals surface area contributed by atoms with Gasteiger partial charge in [-0.15, -0.1) is 0 Å². The van der Waals surface area contributed by atoms with Gasteiger partial charge < -0.3 is 9.88 Å². The molecular formula is C17H25N3. The van der Waals surface area contributed by atoms with E-state index < -0.39 is 0 Å². The maximum Gasteiger partial charge on any atom is 0.0991 e. The normalized spacial score (nSPS) is 14.2. The van der Waals surface area contributed by atoms with E-state index in [2.05, 4.69) is 55.3 Å². The van der Waals surface area contributed by atoms with Gasteiger partial charge in [0.15, 0.2) is 0 Å². The summed E-state index contributed by atoms with van der Waals surface area (Å²) in [5, 5.41) is 3.60. The van der Waals surface area contributed by atoms with E-state index in [0.717, 1.165) is 18.2 Å². The van der Waals surface area contributed by atoms with Crippen LogP contribution >= 0.6 is 0 Å². The van der Waals surface area contributed by atoms with Gasteiger partial charge in [-0.05, 0) is 37.0 Å². The average molecular weight is 271 g/mol. The number of imidazole rings is 1. The Balaban J connectivity index is 1.85. The molecule has 108 valence electrons. The largest absolute Gasteiger partial charge is 0.310 e. The van der Waals surface area contributed by atoms with Gasteiger partial charge in [-0.25, -0.2) is 4.98 Å². The zero-order chi connectivity index (χ0) is 14.4. The molecule has 0 bridgehead atoms. The Kier molecular flexibility index (Phi) is 5.36. The van der Waals surface area contributed by atoms with Gasteiger partial charge in [0.25, 0.3) is 0 Å². The molecule has 2 atom stereocenters. The number of benzene rings is 1. The fraction of sp³-hybridized carbons (Fsp3) is 0.471. The molecule has 2 rings (SSSR count). The molecule has 20 heavy (non-hydrogen) atoms. The van der Waals surface area contributed by atoms with Crippen LogP contribution in [0.4, 0.5) is 0 Å². The standard InChI is InChI=1S/C17H25N3/c1-4-14(2)11-15(3)19-12-16-5-7-17(8-6-16)20-10-9-18-13-20/h5-10,13-15,19H,4,11-12H2,1-3H3. The molecule has 0 amide bonds. The topological polar surface area (TPSA) is 29.9 Å². The lowest BCUT2D eigenvalue weighted by Gasteiger charge is -2.17. The summed E-state index contributed by atoms with van der Waals surface area (Å²) in [6, 6.07) is 9.20. The minimum Gasteiger partial charge on any atom is -0.310 e. The second-order valence-corrected chi connectivity index (χ2v) is 5.67. The number of nitrogens with one attached hydrogen (secondary N) is 1. The third-order valence-electron chi connectivity index (χ3n) is 3.85. The zero-order valence-electron chi connectivity index (χ0n) is 12.7. The Hall–Kier alpha value is -1.61. The Labute approximate surface area is 122 Å². The van der Waals surface area contributed by atoms with Crippen LogP contribution in [0.5, 0.6) is 0 Å². The molecule has 1 N–H and O–H groups in total. The Morgan fingerprint density at radius 1 is 1.20 bits per heavy atom. The van der Waals surface area contributed by atoms with Crippen LogP contribution in [-0.4, -0.2) is 15.6 Å². The molecule has 0 radical (unpaired) electrons. The highest BCUT2D eigenvalue weighted by molar-refractivity contribution is 5.34. The second kappa shape index (κ2) is 7.25. The SMILES string of the molecule is CCC(C)CC(C)NCc1ccc(-n2ccnc2)cc1. The zero-order valence-corrected chi connectivity index (χ0v) is 12.7. The predicted molar refractivity (Wildman–Crippen MR) is 83.9 cm³/mol. The van der Waals surface area contributed by atoms with Crippen LogP contribution in [0.2, 0.25) is 0 Å². The minimum atomic E-state index is 0.568. The van der Waals surface area contributed by atoms with Gasteiger partial charge in [-0.1, -0.05) is 32.4 Å². The van der Waals surface area contributed by atoms with Gasteiger partial charge in [0.1, 0.15) is 0 Å². The highest BCUT2D eigenvalue weighted by Gasteiger charge is 2.06. The lowest BCUT2D eigenvalue weighted by Crippen LogP contribution is -2.27. The van der Waals surface area contributed by atoms with E-state index in [1.807, 2.05) is 17.1 Å². The van der Waals surface area contributed by atoms with E-state index in [4.69, 9.17) is 0 Å². The average Bonchev–Trinajstić information content (AvgIpc) is 2.99. The highest BCUT2D eigenvalue weighted by atomic mass is 15.0. The summed E-state index contributed by atoms with van der Waals surface area (Å²) in [5.41, 5.74) is 2.48. The minimum absolute atomic E-state index is 0.568. The fourth-order valence-electron chi connectivity index (χ4n) is 2.34. The van der Waals surface area contributed by atoms with Gasteiger partial charge in [0, 0.05) is 30.7 Å². The molecule has 0 saturated heterocycles. The maximum absolute atomic E-state index is 4.07. The molecule has 0 aliphatic heterocycles. The fourth-order valence-corrected chi connectivity index (χ4v) is 2.34. The second-order valence-electron chi connectivity index (χ2n) is 5.67. The molecule has 0 aliphatic rings. The van der Waals surface area contributed by atoms with Crippen molar-refractivity contribution in [3.8, 4) is 5.69 Å². The molecule has 0 fully saturated rings. The third-order valence-corrected chi connectivity index (χ3v) is 3.85. The Morgan fingerprint density at radius 3 is 2.55 bits per heavy atom. The summed E-state index contributed by atoms with van der Waals surface area (Å²) < 4.78 is 2.02. The molecule has 3 heteroatoms. The van der Waals surface area contributed by atoms with Crippen LogP contribution in [0.3, 0.4) is 0 Å². The molecule has 2 unspecified atom stereocenters. The van der Waals surface area contributed by atoms with Crippen molar-refractivity contribution in [2.45, 2.75) is 46.2 Å². The number of nitrogens with zero attached hydrogens (tertiary/aromatic N) is 2. The Morgan fingerprint density at radius 2 is 1.95 bits per heavy atom. The van der Waals surface area contributed by atoms with Gasteiger partial charge in [-0.2, -0.15) is 0 Å². The molecule has 2 aromatic rings. The van der Waals surface area contributed by atoms with Gasteiger partial charge in [0.2, 0.25) is 0 Å². The smallest absolute Gasteiger partial charge is 0.0991 e. The summed E-state index contributed by atoms with van der Waals surface area (Å²) in [5.74, 6) is 0.793. The number of hydrogen-bond donors (Lipinski definition) is 1. The molecule has 1 aromatic heterocycles. The Bertz CT molecular complexity index is 487. The maximum atomic E-state index is 4.07. The first-order valence-electron chi connectivity index (χ1n) is 7.49. The van der Waals surface area contributed by atoms with Crippen molar-refractivity contribution in [3.05, 3.63) is 48.5 Å². The number of rotatable bonds is 7. The van der Waals surface area contributed by atoms with Crippen LogP contribution in [0.15, 0.2) is 43.0 Å².